The highest BCUT2D eigenvalue weighted by Crippen LogP contribution is 2.36. The second kappa shape index (κ2) is 7.76. The van der Waals surface area contributed by atoms with E-state index >= 15 is 0 Å². The quantitative estimate of drug-likeness (QED) is 0.431. The van der Waals surface area contributed by atoms with E-state index in [1.807, 2.05) is 6.07 Å². The average molecular weight is 345 g/mol. The smallest absolute Gasteiger partial charge is 0.189 e. The first-order valence-electron chi connectivity index (χ1n) is 6.39. The zero-order chi connectivity index (χ0) is 15.2. The second-order valence-electron chi connectivity index (χ2n) is 5.40. The number of methoxy groups -OCH3 is 1. The van der Waals surface area contributed by atoms with Crippen LogP contribution in [0, 0.1) is 0 Å². The van der Waals surface area contributed by atoms with E-state index in [1.54, 1.807) is 13.2 Å². The molecular formula is C15H21BrO4. The normalized spacial score (nSPS) is 11.4. The molecule has 0 atom stereocenters. The lowest BCUT2D eigenvalue weighted by molar-refractivity contribution is -0.00939. The van der Waals surface area contributed by atoms with Crippen molar-refractivity contribution in [2.24, 2.45) is 0 Å². The first-order chi connectivity index (χ1) is 9.40. The minimum Gasteiger partial charge on any atom is -0.466 e. The minimum atomic E-state index is -0.136. The molecular weight excluding hydrogens is 324 g/mol. The molecule has 1 aromatic rings. The molecule has 0 saturated heterocycles. The van der Waals surface area contributed by atoms with E-state index in [2.05, 4.69) is 36.7 Å². The summed E-state index contributed by atoms with van der Waals surface area (Å²) in [6.07, 6.45) is 0.796. The van der Waals surface area contributed by atoms with Gasteiger partial charge in [0.05, 0.1) is 18.8 Å². The Morgan fingerprint density at radius 1 is 1.25 bits per heavy atom. The highest BCUT2D eigenvalue weighted by molar-refractivity contribution is 9.10. The molecule has 0 N–H and O–H groups in total. The molecule has 0 aliphatic heterocycles. The lowest BCUT2D eigenvalue weighted by Crippen LogP contribution is -2.16. The number of ether oxygens (including phenoxy) is 3. The molecule has 0 bridgehead atoms. The van der Waals surface area contributed by atoms with Gasteiger partial charge in [0, 0.05) is 17.1 Å². The van der Waals surface area contributed by atoms with E-state index in [9.17, 15) is 4.79 Å². The zero-order valence-corrected chi connectivity index (χ0v) is 14.0. The first-order valence-corrected chi connectivity index (χ1v) is 7.18. The van der Waals surface area contributed by atoms with Crippen LogP contribution in [-0.2, 0) is 14.9 Å². The molecule has 0 aliphatic rings. The predicted molar refractivity (Wildman–Crippen MR) is 81.6 cm³/mol. The van der Waals surface area contributed by atoms with Gasteiger partial charge in [0.1, 0.15) is 5.75 Å². The molecule has 0 unspecified atom stereocenters. The maximum Gasteiger partial charge on any atom is 0.189 e. The summed E-state index contributed by atoms with van der Waals surface area (Å²) in [4.78, 5) is 11.2. The summed E-state index contributed by atoms with van der Waals surface area (Å²) in [5.74, 6) is 0.577. The number of benzene rings is 1. The maximum absolute atomic E-state index is 11.2. The maximum atomic E-state index is 11.2. The Bertz CT molecular complexity index is 452. The molecule has 0 fully saturated rings. The van der Waals surface area contributed by atoms with Gasteiger partial charge >= 0.3 is 0 Å². The van der Waals surface area contributed by atoms with E-state index in [-0.39, 0.29) is 12.2 Å². The third-order valence-electron chi connectivity index (χ3n) is 2.74. The number of hydrogen-bond donors (Lipinski definition) is 0. The van der Waals surface area contributed by atoms with Crippen LogP contribution in [0.2, 0.25) is 0 Å². The van der Waals surface area contributed by atoms with Gasteiger partial charge in [-0.3, -0.25) is 4.79 Å². The number of carbonyl (C=O) groups is 1. The summed E-state index contributed by atoms with van der Waals surface area (Å²) in [5, 5.41) is 0. The Balaban J connectivity index is 2.94. The summed E-state index contributed by atoms with van der Waals surface area (Å²) in [6.45, 7) is 7.27. The van der Waals surface area contributed by atoms with Gasteiger partial charge in [-0.2, -0.15) is 0 Å². The number of rotatable bonds is 7. The summed E-state index contributed by atoms with van der Waals surface area (Å²) in [6, 6.07) is 3.71. The molecule has 0 aromatic heterocycles. The van der Waals surface area contributed by atoms with Gasteiger partial charge in [-0.1, -0.05) is 36.7 Å². The summed E-state index contributed by atoms with van der Waals surface area (Å²) in [5.41, 5.74) is 1.34. The van der Waals surface area contributed by atoms with Crippen molar-refractivity contribution >= 4 is 22.2 Å². The van der Waals surface area contributed by atoms with Gasteiger partial charge in [-0.05, 0) is 17.5 Å². The van der Waals surface area contributed by atoms with Crippen molar-refractivity contribution < 1.29 is 19.0 Å². The Morgan fingerprint density at radius 2 is 1.95 bits per heavy atom. The molecule has 0 saturated carbocycles. The topological polar surface area (TPSA) is 44.8 Å². The van der Waals surface area contributed by atoms with Gasteiger partial charge in [0.25, 0.3) is 0 Å². The van der Waals surface area contributed by atoms with Crippen LogP contribution < -0.4 is 4.74 Å². The van der Waals surface area contributed by atoms with Gasteiger partial charge in [0.2, 0.25) is 0 Å². The molecule has 0 amide bonds. The van der Waals surface area contributed by atoms with Crippen LogP contribution in [0.3, 0.4) is 0 Å². The van der Waals surface area contributed by atoms with Crippen LogP contribution in [0.5, 0.6) is 5.75 Å². The Morgan fingerprint density at radius 3 is 2.50 bits per heavy atom. The molecule has 1 aromatic carbocycles. The summed E-state index contributed by atoms with van der Waals surface area (Å²) >= 11 is 3.42. The van der Waals surface area contributed by atoms with Gasteiger partial charge in [-0.15, -0.1) is 0 Å². The molecule has 0 radical (unpaired) electrons. The fourth-order valence-corrected chi connectivity index (χ4v) is 2.20. The second-order valence-corrected chi connectivity index (χ2v) is 6.32. The first kappa shape index (κ1) is 17.1. The average Bonchev–Trinajstić information content (AvgIpc) is 2.38. The van der Waals surface area contributed by atoms with Crippen molar-refractivity contribution in [3.05, 3.63) is 27.7 Å². The zero-order valence-electron chi connectivity index (χ0n) is 12.4. The molecule has 20 heavy (non-hydrogen) atoms. The Hall–Kier alpha value is -0.910. The standard InChI is InChI=1S/C15H21BrO4/c1-15(2,3)13-8-12(16)7-11(9-17)14(13)20-10-19-6-5-18-4/h7-9H,5-6,10H2,1-4H3. The third-order valence-corrected chi connectivity index (χ3v) is 3.19. The molecule has 0 heterocycles. The van der Waals surface area contributed by atoms with Crippen LogP contribution in [-0.4, -0.2) is 33.4 Å². The van der Waals surface area contributed by atoms with Gasteiger partial charge < -0.3 is 14.2 Å². The van der Waals surface area contributed by atoms with E-state index in [1.165, 1.54) is 0 Å². The largest absolute Gasteiger partial charge is 0.466 e. The fraction of sp³-hybridized carbons (Fsp3) is 0.533. The number of halogens is 1. The molecule has 0 aliphatic carbocycles. The van der Waals surface area contributed by atoms with Crippen molar-refractivity contribution in [2.75, 3.05) is 27.1 Å². The highest BCUT2D eigenvalue weighted by atomic mass is 79.9. The van der Waals surface area contributed by atoms with E-state index in [0.29, 0.717) is 24.5 Å². The van der Waals surface area contributed by atoms with Crippen LogP contribution >= 0.6 is 15.9 Å². The SMILES string of the molecule is COCCOCOc1c(C=O)cc(Br)cc1C(C)(C)C. The fourth-order valence-electron chi connectivity index (χ4n) is 1.72. The van der Waals surface area contributed by atoms with Crippen molar-refractivity contribution in [3.8, 4) is 5.75 Å². The summed E-state index contributed by atoms with van der Waals surface area (Å²) < 4.78 is 16.7. The van der Waals surface area contributed by atoms with Gasteiger partial charge in [0.15, 0.2) is 13.1 Å². The minimum absolute atomic E-state index is 0.0922. The van der Waals surface area contributed by atoms with E-state index in [4.69, 9.17) is 14.2 Å². The molecule has 112 valence electrons. The summed E-state index contributed by atoms with van der Waals surface area (Å²) in [7, 11) is 1.61. The molecule has 0 spiro atoms. The van der Waals surface area contributed by atoms with E-state index in [0.717, 1.165) is 16.3 Å². The monoisotopic (exact) mass is 344 g/mol. The van der Waals surface area contributed by atoms with Crippen molar-refractivity contribution in [3.63, 3.8) is 0 Å². The lowest BCUT2D eigenvalue weighted by Gasteiger charge is -2.24. The molecule has 5 heteroatoms. The predicted octanol–water partition coefficient (Wildman–Crippen LogP) is 3.56. The van der Waals surface area contributed by atoms with Crippen LogP contribution in [0.25, 0.3) is 0 Å². The van der Waals surface area contributed by atoms with Crippen molar-refractivity contribution in [2.45, 2.75) is 26.2 Å². The molecule has 4 nitrogen and oxygen atoms in total. The third kappa shape index (κ3) is 4.89. The van der Waals surface area contributed by atoms with Crippen LogP contribution in [0.15, 0.2) is 16.6 Å². The van der Waals surface area contributed by atoms with Crippen molar-refractivity contribution in [1.29, 1.82) is 0 Å². The van der Waals surface area contributed by atoms with Crippen LogP contribution in [0.1, 0.15) is 36.7 Å². The number of aldehydes is 1. The van der Waals surface area contributed by atoms with Gasteiger partial charge in [-0.25, -0.2) is 0 Å². The van der Waals surface area contributed by atoms with Crippen LogP contribution in [0.4, 0.5) is 0 Å². The number of carbonyl (C=O) groups excluding carboxylic acids is 1. The van der Waals surface area contributed by atoms with E-state index < -0.39 is 0 Å². The van der Waals surface area contributed by atoms with Crippen molar-refractivity contribution in [1.82, 2.24) is 0 Å². The Kier molecular flexibility index (Phi) is 6.65. The Labute approximate surface area is 128 Å². The highest BCUT2D eigenvalue weighted by Gasteiger charge is 2.22. The molecule has 1 rings (SSSR count). The number of hydrogen-bond acceptors (Lipinski definition) is 4. The lowest BCUT2D eigenvalue weighted by atomic mass is 9.85.